The van der Waals surface area contributed by atoms with Gasteiger partial charge in [0, 0.05) is 24.8 Å². The predicted octanol–water partition coefficient (Wildman–Crippen LogP) is 2.56. The summed E-state index contributed by atoms with van der Waals surface area (Å²) >= 11 is 0. The van der Waals surface area contributed by atoms with Crippen LogP contribution in [-0.4, -0.2) is 34.3 Å². The van der Waals surface area contributed by atoms with Crippen LogP contribution in [0.4, 0.5) is 0 Å². The van der Waals surface area contributed by atoms with E-state index in [0.717, 1.165) is 13.0 Å². The van der Waals surface area contributed by atoms with Crippen molar-refractivity contribution < 1.29 is 0 Å². The minimum absolute atomic E-state index is 0.351. The molecular weight excluding hydrogens is 236 g/mol. The van der Waals surface area contributed by atoms with Crippen LogP contribution in [0.25, 0.3) is 0 Å². The number of nitrogens with two attached hydrogens (primary N) is 1. The van der Waals surface area contributed by atoms with Gasteiger partial charge < -0.3 is 5.73 Å². The average molecular weight is 264 g/mol. The van der Waals surface area contributed by atoms with Crippen LogP contribution in [0.2, 0.25) is 0 Å². The molecule has 0 aliphatic carbocycles. The molecule has 1 aromatic rings. The van der Waals surface area contributed by atoms with Gasteiger partial charge in [0.05, 0.1) is 12.2 Å². The van der Waals surface area contributed by atoms with Crippen LogP contribution in [0, 0.1) is 0 Å². The van der Waals surface area contributed by atoms with Gasteiger partial charge in [-0.25, -0.2) is 0 Å². The molecule has 1 saturated heterocycles. The molecule has 0 saturated carbocycles. The maximum Gasteiger partial charge on any atom is 0.0538 e. The second-order valence-corrected chi connectivity index (χ2v) is 5.59. The highest BCUT2D eigenvalue weighted by molar-refractivity contribution is 5.11. The fraction of sp³-hybridized carbons (Fsp3) is 0.800. The molecule has 2 rings (SSSR count). The Morgan fingerprint density at radius 3 is 2.53 bits per heavy atom. The van der Waals surface area contributed by atoms with Gasteiger partial charge in [-0.2, -0.15) is 5.10 Å². The van der Waals surface area contributed by atoms with Crippen molar-refractivity contribution in [3.63, 3.8) is 0 Å². The highest BCUT2D eigenvalue weighted by Crippen LogP contribution is 2.22. The first-order valence-electron chi connectivity index (χ1n) is 7.81. The van der Waals surface area contributed by atoms with Crippen LogP contribution in [-0.2, 0) is 6.54 Å². The van der Waals surface area contributed by atoms with Gasteiger partial charge in [-0.3, -0.25) is 9.58 Å². The molecule has 108 valence electrons. The highest BCUT2D eigenvalue weighted by atomic mass is 15.3. The topological polar surface area (TPSA) is 47.1 Å². The van der Waals surface area contributed by atoms with Gasteiger partial charge in [-0.05, 0) is 32.4 Å². The van der Waals surface area contributed by atoms with E-state index in [1.165, 1.54) is 50.8 Å². The van der Waals surface area contributed by atoms with Crippen molar-refractivity contribution in [3.8, 4) is 0 Å². The smallest absolute Gasteiger partial charge is 0.0538 e. The summed E-state index contributed by atoms with van der Waals surface area (Å²) in [5.74, 6) is 0. The van der Waals surface area contributed by atoms with Crippen LogP contribution >= 0.6 is 0 Å². The first-order chi connectivity index (χ1) is 9.35. The molecule has 0 radical (unpaired) electrons. The number of hydrogen-bond acceptors (Lipinski definition) is 3. The van der Waals surface area contributed by atoms with E-state index in [1.807, 2.05) is 10.9 Å². The number of rotatable bonds is 5. The Balaban J connectivity index is 2.03. The molecule has 1 aliphatic rings. The summed E-state index contributed by atoms with van der Waals surface area (Å²) < 4.78 is 2.04. The number of aromatic nitrogens is 2. The molecule has 0 bridgehead atoms. The zero-order chi connectivity index (χ0) is 13.5. The Bertz CT molecular complexity index is 353. The van der Waals surface area contributed by atoms with E-state index in [9.17, 15) is 0 Å². The van der Waals surface area contributed by atoms with Crippen molar-refractivity contribution in [2.75, 3.05) is 19.6 Å². The van der Waals surface area contributed by atoms with E-state index < -0.39 is 0 Å². The van der Waals surface area contributed by atoms with Gasteiger partial charge >= 0.3 is 0 Å². The summed E-state index contributed by atoms with van der Waals surface area (Å²) in [6.07, 6.45) is 12.0. The van der Waals surface area contributed by atoms with Gasteiger partial charge in [0.2, 0.25) is 0 Å². The number of nitrogens with zero attached hydrogens (tertiary/aromatic N) is 3. The van der Waals surface area contributed by atoms with Crippen LogP contribution in [0.3, 0.4) is 0 Å². The maximum absolute atomic E-state index is 6.03. The van der Waals surface area contributed by atoms with E-state index >= 15 is 0 Å². The molecule has 1 unspecified atom stereocenters. The minimum Gasteiger partial charge on any atom is -0.329 e. The molecule has 1 atom stereocenters. The SMILES string of the molecule is CCCn1cc(C(CN)N2CCCCCCC2)cn1. The third-order valence-corrected chi connectivity index (χ3v) is 4.05. The normalized spacial score (nSPS) is 19.9. The van der Waals surface area contributed by atoms with Gasteiger partial charge in [0.15, 0.2) is 0 Å². The lowest BCUT2D eigenvalue weighted by Crippen LogP contribution is -2.35. The lowest BCUT2D eigenvalue weighted by atomic mass is 10.0. The summed E-state index contributed by atoms with van der Waals surface area (Å²) in [6, 6.07) is 0.351. The molecule has 1 aliphatic heterocycles. The monoisotopic (exact) mass is 264 g/mol. The van der Waals surface area contributed by atoms with Crippen molar-refractivity contribution >= 4 is 0 Å². The molecule has 2 heterocycles. The number of likely N-dealkylation sites (tertiary alicyclic amines) is 1. The lowest BCUT2D eigenvalue weighted by molar-refractivity contribution is 0.183. The molecule has 1 aromatic heterocycles. The highest BCUT2D eigenvalue weighted by Gasteiger charge is 2.20. The summed E-state index contributed by atoms with van der Waals surface area (Å²) in [4.78, 5) is 2.56. The Morgan fingerprint density at radius 2 is 1.89 bits per heavy atom. The second kappa shape index (κ2) is 7.65. The fourth-order valence-electron chi connectivity index (χ4n) is 2.98. The van der Waals surface area contributed by atoms with Gasteiger partial charge in [0.1, 0.15) is 0 Å². The van der Waals surface area contributed by atoms with E-state index in [2.05, 4.69) is 23.1 Å². The molecule has 19 heavy (non-hydrogen) atoms. The molecule has 1 fully saturated rings. The van der Waals surface area contributed by atoms with Gasteiger partial charge in [-0.15, -0.1) is 0 Å². The van der Waals surface area contributed by atoms with Crippen LogP contribution in [0.15, 0.2) is 12.4 Å². The van der Waals surface area contributed by atoms with E-state index in [4.69, 9.17) is 5.73 Å². The Kier molecular flexibility index (Phi) is 5.86. The van der Waals surface area contributed by atoms with Crippen molar-refractivity contribution in [3.05, 3.63) is 18.0 Å². The molecule has 2 N–H and O–H groups in total. The number of aryl methyl sites for hydroxylation is 1. The van der Waals surface area contributed by atoms with Crippen LogP contribution in [0.1, 0.15) is 57.1 Å². The molecule has 0 aromatic carbocycles. The van der Waals surface area contributed by atoms with Crippen molar-refractivity contribution in [2.24, 2.45) is 5.73 Å². The van der Waals surface area contributed by atoms with Gasteiger partial charge in [0.25, 0.3) is 0 Å². The Hall–Kier alpha value is -0.870. The molecule has 4 heteroatoms. The molecular formula is C15H28N4. The lowest BCUT2D eigenvalue weighted by Gasteiger charge is -2.31. The fourth-order valence-corrected chi connectivity index (χ4v) is 2.98. The van der Waals surface area contributed by atoms with Gasteiger partial charge in [-0.1, -0.05) is 26.2 Å². The van der Waals surface area contributed by atoms with Crippen molar-refractivity contribution in [2.45, 2.75) is 58.0 Å². The van der Waals surface area contributed by atoms with Crippen LogP contribution < -0.4 is 5.73 Å². The summed E-state index contributed by atoms with van der Waals surface area (Å²) in [6.45, 7) is 6.23. The summed E-state index contributed by atoms with van der Waals surface area (Å²) in [5, 5.41) is 4.45. The average Bonchev–Trinajstić information content (AvgIpc) is 2.81. The zero-order valence-electron chi connectivity index (χ0n) is 12.2. The minimum atomic E-state index is 0.351. The second-order valence-electron chi connectivity index (χ2n) is 5.59. The van der Waals surface area contributed by atoms with Crippen molar-refractivity contribution in [1.82, 2.24) is 14.7 Å². The maximum atomic E-state index is 6.03. The first kappa shape index (κ1) is 14.5. The molecule has 0 spiro atoms. The van der Waals surface area contributed by atoms with E-state index in [0.29, 0.717) is 12.6 Å². The zero-order valence-corrected chi connectivity index (χ0v) is 12.2. The summed E-state index contributed by atoms with van der Waals surface area (Å²) in [5.41, 5.74) is 7.32. The third kappa shape index (κ3) is 4.05. The number of hydrogen-bond donors (Lipinski definition) is 1. The third-order valence-electron chi connectivity index (χ3n) is 4.05. The summed E-state index contributed by atoms with van der Waals surface area (Å²) in [7, 11) is 0. The Morgan fingerprint density at radius 1 is 1.21 bits per heavy atom. The molecule has 0 amide bonds. The molecule has 4 nitrogen and oxygen atoms in total. The largest absolute Gasteiger partial charge is 0.329 e. The van der Waals surface area contributed by atoms with Crippen molar-refractivity contribution in [1.29, 1.82) is 0 Å². The van der Waals surface area contributed by atoms with E-state index in [-0.39, 0.29) is 0 Å². The van der Waals surface area contributed by atoms with E-state index in [1.54, 1.807) is 0 Å². The standard InChI is InChI=1S/C15H28N4/c1-2-8-19-13-14(12-17-19)15(11-16)18-9-6-4-3-5-7-10-18/h12-13,15H,2-11,16H2,1H3. The first-order valence-corrected chi connectivity index (χ1v) is 7.81. The van der Waals surface area contributed by atoms with Crippen LogP contribution in [0.5, 0.6) is 0 Å². The predicted molar refractivity (Wildman–Crippen MR) is 79.0 cm³/mol. The quantitative estimate of drug-likeness (QED) is 0.889. The Labute approximate surface area is 117 Å².